The zero-order chi connectivity index (χ0) is 17.2. The minimum atomic E-state index is 0.0688. The second-order valence-electron chi connectivity index (χ2n) is 8.09. The van der Waals surface area contributed by atoms with Crippen LogP contribution in [0.5, 0.6) is 0 Å². The van der Waals surface area contributed by atoms with Crippen LogP contribution in [0, 0.1) is 11.8 Å². The van der Waals surface area contributed by atoms with Gasteiger partial charge in [-0.1, -0.05) is 0 Å². The van der Waals surface area contributed by atoms with Crippen molar-refractivity contribution < 1.29 is 4.79 Å². The van der Waals surface area contributed by atoms with Crippen LogP contribution in [0.4, 0.5) is 0 Å². The Morgan fingerprint density at radius 2 is 1.96 bits per heavy atom. The fraction of sp³-hybridized carbons (Fsp3) is 0.789. The van der Waals surface area contributed by atoms with E-state index in [0.29, 0.717) is 5.91 Å². The number of hydrogen-bond donors (Lipinski definition) is 1. The number of piperidine rings is 1. The van der Waals surface area contributed by atoms with E-state index in [1.807, 2.05) is 17.9 Å². The van der Waals surface area contributed by atoms with Gasteiger partial charge in [0.2, 0.25) is 5.91 Å². The van der Waals surface area contributed by atoms with E-state index in [-0.39, 0.29) is 11.8 Å². The van der Waals surface area contributed by atoms with E-state index >= 15 is 0 Å². The molecule has 0 aromatic carbocycles. The predicted molar refractivity (Wildman–Crippen MR) is 97.3 cm³/mol. The molecule has 4 heterocycles. The molecule has 2 atom stereocenters. The van der Waals surface area contributed by atoms with Gasteiger partial charge in [0.25, 0.3) is 0 Å². The fourth-order valence-electron chi connectivity index (χ4n) is 4.82. The average molecular weight is 345 g/mol. The first-order valence-corrected chi connectivity index (χ1v) is 9.91. The Balaban J connectivity index is 1.32. The summed E-state index contributed by atoms with van der Waals surface area (Å²) < 4.78 is 1.83. The van der Waals surface area contributed by atoms with Crippen LogP contribution in [0.2, 0.25) is 0 Å². The molecule has 0 saturated carbocycles. The highest BCUT2D eigenvalue weighted by molar-refractivity contribution is 5.80. The van der Waals surface area contributed by atoms with Crippen molar-refractivity contribution in [3.63, 3.8) is 0 Å². The third kappa shape index (κ3) is 3.75. The SMILES string of the molecule is Cn1cc([C@H]2CNC[C@@H]2C(=O)N2CCC(CN3CCCC3)CC2)cn1. The summed E-state index contributed by atoms with van der Waals surface area (Å²) in [5.74, 6) is 1.46. The van der Waals surface area contributed by atoms with Crippen LogP contribution in [0.3, 0.4) is 0 Å². The monoisotopic (exact) mass is 345 g/mol. The zero-order valence-corrected chi connectivity index (χ0v) is 15.4. The van der Waals surface area contributed by atoms with E-state index < -0.39 is 0 Å². The number of nitrogens with zero attached hydrogens (tertiary/aromatic N) is 4. The van der Waals surface area contributed by atoms with E-state index in [0.717, 1.165) is 32.1 Å². The summed E-state index contributed by atoms with van der Waals surface area (Å²) in [5.41, 5.74) is 1.19. The third-order valence-electron chi connectivity index (χ3n) is 6.33. The Morgan fingerprint density at radius 1 is 1.20 bits per heavy atom. The highest BCUT2D eigenvalue weighted by Crippen LogP contribution is 2.31. The number of aryl methyl sites for hydroxylation is 1. The summed E-state index contributed by atoms with van der Waals surface area (Å²) in [5, 5.41) is 7.70. The molecule has 0 radical (unpaired) electrons. The van der Waals surface area contributed by atoms with E-state index in [4.69, 9.17) is 0 Å². The van der Waals surface area contributed by atoms with E-state index in [2.05, 4.69) is 26.4 Å². The molecule has 3 saturated heterocycles. The van der Waals surface area contributed by atoms with Gasteiger partial charge in [-0.15, -0.1) is 0 Å². The summed E-state index contributed by atoms with van der Waals surface area (Å²) in [6.45, 7) is 7.35. The lowest BCUT2D eigenvalue weighted by molar-refractivity contribution is -0.136. The third-order valence-corrected chi connectivity index (χ3v) is 6.33. The van der Waals surface area contributed by atoms with Crippen molar-refractivity contribution in [2.24, 2.45) is 18.9 Å². The molecule has 25 heavy (non-hydrogen) atoms. The smallest absolute Gasteiger partial charge is 0.227 e. The van der Waals surface area contributed by atoms with Crippen molar-refractivity contribution in [2.75, 3.05) is 45.8 Å². The van der Waals surface area contributed by atoms with Crippen LogP contribution in [0.1, 0.15) is 37.2 Å². The molecule has 3 fully saturated rings. The van der Waals surface area contributed by atoms with Gasteiger partial charge in [-0.05, 0) is 50.3 Å². The van der Waals surface area contributed by atoms with Crippen molar-refractivity contribution >= 4 is 5.91 Å². The molecule has 0 aliphatic carbocycles. The van der Waals surface area contributed by atoms with Crippen molar-refractivity contribution in [1.82, 2.24) is 24.9 Å². The van der Waals surface area contributed by atoms with Gasteiger partial charge in [0.1, 0.15) is 0 Å². The first kappa shape index (κ1) is 17.0. The number of hydrogen-bond acceptors (Lipinski definition) is 4. The lowest BCUT2D eigenvalue weighted by atomic mass is 9.88. The molecule has 0 unspecified atom stereocenters. The van der Waals surface area contributed by atoms with Crippen LogP contribution in [0.15, 0.2) is 12.4 Å². The van der Waals surface area contributed by atoms with Gasteiger partial charge >= 0.3 is 0 Å². The quantitative estimate of drug-likeness (QED) is 0.887. The molecular formula is C19H31N5O. The van der Waals surface area contributed by atoms with Crippen LogP contribution < -0.4 is 5.32 Å². The topological polar surface area (TPSA) is 53.4 Å². The van der Waals surface area contributed by atoms with Gasteiger partial charge in [-0.3, -0.25) is 9.48 Å². The maximum absolute atomic E-state index is 13.1. The Morgan fingerprint density at radius 3 is 2.64 bits per heavy atom. The van der Waals surface area contributed by atoms with Gasteiger partial charge < -0.3 is 15.1 Å². The summed E-state index contributed by atoms with van der Waals surface area (Å²) in [6.07, 6.45) is 9.03. The van der Waals surface area contributed by atoms with Gasteiger partial charge in [-0.25, -0.2) is 0 Å². The Kier molecular flexibility index (Phi) is 5.08. The normalized spacial score (nSPS) is 28.8. The number of aromatic nitrogens is 2. The molecule has 6 heteroatoms. The highest BCUT2D eigenvalue weighted by Gasteiger charge is 2.38. The Labute approximate surface area is 150 Å². The fourth-order valence-corrected chi connectivity index (χ4v) is 4.82. The molecule has 0 spiro atoms. The van der Waals surface area contributed by atoms with E-state index in [1.165, 1.54) is 50.9 Å². The highest BCUT2D eigenvalue weighted by atomic mass is 16.2. The van der Waals surface area contributed by atoms with Crippen LogP contribution in [0.25, 0.3) is 0 Å². The maximum atomic E-state index is 13.1. The number of nitrogens with one attached hydrogen (secondary N) is 1. The zero-order valence-electron chi connectivity index (χ0n) is 15.4. The van der Waals surface area contributed by atoms with Crippen LogP contribution >= 0.6 is 0 Å². The molecule has 3 aliphatic heterocycles. The number of likely N-dealkylation sites (tertiary alicyclic amines) is 2. The Bertz CT molecular complexity index is 586. The summed E-state index contributed by atoms with van der Waals surface area (Å²) >= 11 is 0. The van der Waals surface area contributed by atoms with Crippen LogP contribution in [-0.4, -0.2) is 71.3 Å². The largest absolute Gasteiger partial charge is 0.342 e. The second-order valence-corrected chi connectivity index (χ2v) is 8.09. The summed E-state index contributed by atoms with van der Waals surface area (Å²) in [7, 11) is 1.94. The van der Waals surface area contributed by atoms with Gasteiger partial charge in [-0.2, -0.15) is 5.10 Å². The second kappa shape index (κ2) is 7.46. The van der Waals surface area contributed by atoms with Crippen LogP contribution in [-0.2, 0) is 11.8 Å². The summed E-state index contributed by atoms with van der Waals surface area (Å²) in [4.78, 5) is 17.8. The van der Waals surface area contributed by atoms with Crippen molar-refractivity contribution in [3.8, 4) is 0 Å². The molecule has 4 rings (SSSR count). The number of carbonyl (C=O) groups excluding carboxylic acids is 1. The molecular weight excluding hydrogens is 314 g/mol. The first-order chi connectivity index (χ1) is 12.2. The molecule has 1 aromatic heterocycles. The van der Waals surface area contributed by atoms with E-state index in [1.54, 1.807) is 0 Å². The summed E-state index contributed by atoms with van der Waals surface area (Å²) in [6, 6.07) is 0. The molecule has 3 aliphatic rings. The van der Waals surface area contributed by atoms with Crippen molar-refractivity contribution in [3.05, 3.63) is 18.0 Å². The first-order valence-electron chi connectivity index (χ1n) is 9.91. The Hall–Kier alpha value is -1.40. The number of carbonyl (C=O) groups is 1. The predicted octanol–water partition coefficient (Wildman–Crippen LogP) is 1.06. The van der Waals surface area contributed by atoms with Crippen molar-refractivity contribution in [1.29, 1.82) is 0 Å². The molecule has 138 valence electrons. The average Bonchev–Trinajstić information content (AvgIpc) is 3.36. The van der Waals surface area contributed by atoms with Gasteiger partial charge in [0.15, 0.2) is 0 Å². The number of amides is 1. The lowest BCUT2D eigenvalue weighted by Crippen LogP contribution is -2.45. The molecule has 1 N–H and O–H groups in total. The molecule has 1 aromatic rings. The molecule has 1 amide bonds. The molecule has 6 nitrogen and oxygen atoms in total. The lowest BCUT2D eigenvalue weighted by Gasteiger charge is -2.35. The minimum absolute atomic E-state index is 0.0688. The number of rotatable bonds is 4. The van der Waals surface area contributed by atoms with Gasteiger partial charge in [0, 0.05) is 51.9 Å². The van der Waals surface area contributed by atoms with Gasteiger partial charge in [0.05, 0.1) is 12.1 Å². The van der Waals surface area contributed by atoms with E-state index in [9.17, 15) is 4.79 Å². The molecule has 0 bridgehead atoms. The standard InChI is InChI=1S/C19H31N5O/c1-22-14-16(10-21-22)17-11-20-12-18(17)19(25)24-8-4-15(5-9-24)13-23-6-2-3-7-23/h10,14-15,17-18,20H,2-9,11-13H2,1H3/t17-,18+/m1/s1. The maximum Gasteiger partial charge on any atom is 0.227 e. The van der Waals surface area contributed by atoms with Crippen molar-refractivity contribution in [2.45, 2.75) is 31.6 Å². The minimum Gasteiger partial charge on any atom is -0.342 e.